The van der Waals surface area contributed by atoms with Crippen LogP contribution in [0.15, 0.2) is 0 Å². The van der Waals surface area contributed by atoms with E-state index in [0.29, 0.717) is 0 Å². The summed E-state index contributed by atoms with van der Waals surface area (Å²) in [5.41, 5.74) is 0. The van der Waals surface area contributed by atoms with Crippen LogP contribution in [0.4, 0.5) is 0 Å². The third-order valence-electron chi connectivity index (χ3n) is 2.00. The highest BCUT2D eigenvalue weighted by atomic mass is 16.3. The molecule has 0 bridgehead atoms. The Hall–Kier alpha value is -0.200. The van der Waals surface area contributed by atoms with Gasteiger partial charge in [-0.25, -0.2) is 0 Å². The molecule has 1 aliphatic rings. The molecule has 66 valence electrons. The Morgan fingerprint density at radius 3 is 1.45 bits per heavy atom. The third kappa shape index (κ3) is 1.52. The van der Waals surface area contributed by atoms with Crippen LogP contribution in [0.3, 0.4) is 0 Å². The van der Waals surface area contributed by atoms with Gasteiger partial charge in [0, 0.05) is 0 Å². The molecule has 1 unspecified atom stereocenters. The summed E-state index contributed by atoms with van der Waals surface area (Å²) in [7, 11) is 0. The third-order valence-corrected chi connectivity index (χ3v) is 2.00. The van der Waals surface area contributed by atoms with Crippen LogP contribution in [-0.4, -0.2) is 57.9 Å². The van der Waals surface area contributed by atoms with Crippen molar-refractivity contribution in [2.45, 2.75) is 24.3 Å². The topological polar surface area (TPSA) is 93.0 Å². The van der Waals surface area contributed by atoms with E-state index in [9.17, 15) is 10.2 Å². The van der Waals surface area contributed by atoms with E-state index in [1.807, 2.05) is 0 Å². The van der Waals surface area contributed by atoms with Crippen molar-refractivity contribution in [1.29, 1.82) is 0 Å². The summed E-state index contributed by atoms with van der Waals surface area (Å²) in [5, 5.41) is 38.3. The fourth-order valence-electron chi connectivity index (χ4n) is 1.27. The molecule has 0 aromatic rings. The Bertz CT molecular complexity index is 114. The van der Waals surface area contributed by atoms with Gasteiger partial charge in [-0.05, 0) is 0 Å². The fraction of sp³-hybridized carbons (Fsp3) is 1.00. The molecule has 11 heavy (non-hydrogen) atoms. The molecule has 0 saturated carbocycles. The molecule has 0 spiro atoms. The summed E-state index contributed by atoms with van der Waals surface area (Å²) < 4.78 is 0. The van der Waals surface area contributed by atoms with Crippen LogP contribution in [0.5, 0.6) is 0 Å². The summed E-state index contributed by atoms with van der Waals surface area (Å²) in [6.07, 6.45) is -1.98. The number of aliphatic hydroxyl groups excluding tert-OH is 4. The molecule has 1 heterocycles. The van der Waals surface area contributed by atoms with Gasteiger partial charge in [0.25, 0.3) is 0 Å². The van der Waals surface area contributed by atoms with E-state index in [2.05, 4.69) is 5.32 Å². The molecule has 0 amide bonds. The molecule has 4 atom stereocenters. The van der Waals surface area contributed by atoms with Gasteiger partial charge < -0.3 is 25.7 Å². The monoisotopic (exact) mass is 163 g/mol. The zero-order chi connectivity index (χ0) is 8.43. The predicted octanol–water partition coefficient (Wildman–Crippen LogP) is -2.97. The van der Waals surface area contributed by atoms with Gasteiger partial charge in [0.1, 0.15) is 0 Å². The smallest absolute Gasteiger partial charge is 0.0990 e. The minimum absolute atomic E-state index is 0.241. The minimum Gasteiger partial charge on any atom is -0.395 e. The van der Waals surface area contributed by atoms with Gasteiger partial charge in [-0.1, -0.05) is 0 Å². The number of aliphatic hydroxyl groups is 4. The first-order chi connectivity index (χ1) is 5.20. The predicted molar refractivity (Wildman–Crippen MR) is 36.9 cm³/mol. The lowest BCUT2D eigenvalue weighted by molar-refractivity contribution is 0.0130. The molecule has 0 aromatic heterocycles. The lowest BCUT2D eigenvalue weighted by Gasteiger charge is -2.12. The summed E-state index contributed by atoms with van der Waals surface area (Å²) in [6, 6.07) is -1.05. The van der Waals surface area contributed by atoms with Gasteiger partial charge in [-0.15, -0.1) is 0 Å². The first-order valence-corrected chi connectivity index (χ1v) is 3.54. The van der Waals surface area contributed by atoms with Crippen LogP contribution >= 0.6 is 0 Å². The highest BCUT2D eigenvalue weighted by Gasteiger charge is 2.39. The second kappa shape index (κ2) is 3.46. The molecule has 5 N–H and O–H groups in total. The first-order valence-electron chi connectivity index (χ1n) is 3.54. The Labute approximate surface area is 64.3 Å². The maximum Gasteiger partial charge on any atom is 0.0990 e. The number of nitrogens with one attached hydrogen (secondary N) is 1. The SMILES string of the molecule is OC[C@@H]1N[C@H](CO)[C@H](O)C1O. The van der Waals surface area contributed by atoms with Gasteiger partial charge in [0.2, 0.25) is 0 Å². The average Bonchev–Trinajstić information content (AvgIpc) is 2.30. The molecule has 1 fully saturated rings. The van der Waals surface area contributed by atoms with Crippen LogP contribution in [0.1, 0.15) is 0 Å². The largest absolute Gasteiger partial charge is 0.395 e. The van der Waals surface area contributed by atoms with Gasteiger partial charge in [0.15, 0.2) is 0 Å². The Balaban J connectivity index is 2.53. The lowest BCUT2D eigenvalue weighted by atomic mass is 10.1. The average molecular weight is 163 g/mol. The molecule has 0 radical (unpaired) electrons. The zero-order valence-electron chi connectivity index (χ0n) is 6.01. The summed E-state index contributed by atoms with van der Waals surface area (Å²) >= 11 is 0. The molecule has 1 rings (SSSR count). The first kappa shape index (κ1) is 8.89. The number of hydrogen-bond donors (Lipinski definition) is 5. The molecule has 1 saturated heterocycles. The Morgan fingerprint density at radius 2 is 1.27 bits per heavy atom. The summed E-state index contributed by atoms with van der Waals surface area (Å²) in [5.74, 6) is 0. The maximum absolute atomic E-state index is 9.18. The maximum atomic E-state index is 9.18. The summed E-state index contributed by atoms with van der Waals surface area (Å²) in [4.78, 5) is 0. The van der Waals surface area contributed by atoms with Crippen LogP contribution < -0.4 is 5.32 Å². The van der Waals surface area contributed by atoms with Crippen molar-refractivity contribution >= 4 is 0 Å². The van der Waals surface area contributed by atoms with E-state index < -0.39 is 24.3 Å². The van der Waals surface area contributed by atoms with Gasteiger partial charge in [-0.2, -0.15) is 0 Å². The van der Waals surface area contributed by atoms with E-state index in [1.54, 1.807) is 0 Å². The van der Waals surface area contributed by atoms with Crippen molar-refractivity contribution in [3.05, 3.63) is 0 Å². The van der Waals surface area contributed by atoms with Crippen molar-refractivity contribution in [3.63, 3.8) is 0 Å². The molecule has 0 aliphatic carbocycles. The second-order valence-corrected chi connectivity index (χ2v) is 2.73. The Morgan fingerprint density at radius 1 is 0.909 bits per heavy atom. The molecule has 5 heteroatoms. The fourth-order valence-corrected chi connectivity index (χ4v) is 1.27. The van der Waals surface area contributed by atoms with Crippen molar-refractivity contribution in [3.8, 4) is 0 Å². The van der Waals surface area contributed by atoms with Crippen molar-refractivity contribution in [1.82, 2.24) is 5.32 Å². The molecular formula is C6H13NO4. The Kier molecular flexibility index (Phi) is 2.80. The van der Waals surface area contributed by atoms with Crippen LogP contribution in [0.2, 0.25) is 0 Å². The van der Waals surface area contributed by atoms with Crippen molar-refractivity contribution < 1.29 is 20.4 Å². The number of rotatable bonds is 2. The minimum atomic E-state index is -0.989. The quantitative estimate of drug-likeness (QED) is 0.300. The van der Waals surface area contributed by atoms with Crippen molar-refractivity contribution in [2.75, 3.05) is 13.2 Å². The highest BCUT2D eigenvalue weighted by Crippen LogP contribution is 2.13. The van der Waals surface area contributed by atoms with E-state index in [1.165, 1.54) is 0 Å². The standard InChI is InChI=1S/C6H13NO4/c8-1-3-5(10)6(11)4(2-9)7-3/h3-11H,1-2H2/t3-,4+,5+,6?/m1/s1. The van der Waals surface area contributed by atoms with Gasteiger partial charge >= 0.3 is 0 Å². The lowest BCUT2D eigenvalue weighted by Crippen LogP contribution is -2.37. The molecular weight excluding hydrogens is 150 g/mol. The van der Waals surface area contributed by atoms with Crippen LogP contribution in [0, 0.1) is 0 Å². The van der Waals surface area contributed by atoms with E-state index in [0.717, 1.165) is 0 Å². The van der Waals surface area contributed by atoms with E-state index >= 15 is 0 Å². The normalized spacial score (nSPS) is 44.7. The molecule has 5 nitrogen and oxygen atoms in total. The van der Waals surface area contributed by atoms with Crippen molar-refractivity contribution in [2.24, 2.45) is 0 Å². The van der Waals surface area contributed by atoms with E-state index in [4.69, 9.17) is 10.2 Å². The van der Waals surface area contributed by atoms with Gasteiger partial charge in [-0.3, -0.25) is 0 Å². The summed E-state index contributed by atoms with van der Waals surface area (Å²) in [6.45, 7) is -0.483. The van der Waals surface area contributed by atoms with Crippen LogP contribution in [-0.2, 0) is 0 Å². The van der Waals surface area contributed by atoms with Gasteiger partial charge in [0.05, 0.1) is 37.5 Å². The number of hydrogen-bond acceptors (Lipinski definition) is 5. The van der Waals surface area contributed by atoms with E-state index in [-0.39, 0.29) is 13.2 Å². The second-order valence-electron chi connectivity index (χ2n) is 2.73. The molecule has 0 aromatic carbocycles. The van der Waals surface area contributed by atoms with Crippen LogP contribution in [0.25, 0.3) is 0 Å². The zero-order valence-corrected chi connectivity index (χ0v) is 6.01. The highest BCUT2D eigenvalue weighted by molar-refractivity contribution is 4.97. The molecule has 1 aliphatic heterocycles.